The van der Waals surface area contributed by atoms with Gasteiger partial charge in [-0.05, 0) is 73.7 Å². The molecule has 5 rings (SSSR count). The molecule has 1 N–H and O–H groups in total. The molecule has 1 amide bonds. The molecular weight excluding hydrogens is 455 g/mol. The maximum atomic E-state index is 12.8. The van der Waals surface area contributed by atoms with Crippen molar-refractivity contribution in [1.29, 1.82) is 0 Å². The highest BCUT2D eigenvalue weighted by Crippen LogP contribution is 2.32. The topological polar surface area (TPSA) is 50.2 Å². The number of imidazole rings is 1. The first-order valence-electron chi connectivity index (χ1n) is 11.6. The number of carbonyl (C=O) groups excluding carboxylic acids is 1. The van der Waals surface area contributed by atoms with E-state index >= 15 is 0 Å². The van der Waals surface area contributed by atoms with Crippen LogP contribution in [0.4, 0.5) is 0 Å². The van der Waals surface area contributed by atoms with Crippen LogP contribution in [0.15, 0.2) is 48.8 Å². The van der Waals surface area contributed by atoms with Crippen molar-refractivity contribution < 1.29 is 4.79 Å². The van der Waals surface area contributed by atoms with Crippen LogP contribution in [0.3, 0.4) is 0 Å². The number of piperidine rings is 1. The van der Waals surface area contributed by atoms with Crippen LogP contribution in [0.25, 0.3) is 16.6 Å². The summed E-state index contributed by atoms with van der Waals surface area (Å²) in [5, 5.41) is 4.66. The van der Waals surface area contributed by atoms with Crippen LogP contribution in [0.2, 0.25) is 10.0 Å². The minimum absolute atomic E-state index is 0.0134. The van der Waals surface area contributed by atoms with E-state index in [0.29, 0.717) is 16.6 Å². The van der Waals surface area contributed by atoms with Gasteiger partial charge in [-0.2, -0.15) is 0 Å². The van der Waals surface area contributed by atoms with Crippen molar-refractivity contribution in [2.45, 2.75) is 44.7 Å². The minimum atomic E-state index is -0.0134. The van der Waals surface area contributed by atoms with E-state index in [4.69, 9.17) is 23.2 Å². The predicted octanol–water partition coefficient (Wildman–Crippen LogP) is 5.71. The van der Waals surface area contributed by atoms with Gasteiger partial charge in [-0.25, -0.2) is 4.98 Å². The average Bonchev–Trinajstić information content (AvgIpc) is 3.27. The Hall–Kier alpha value is -2.34. The van der Waals surface area contributed by atoms with Crippen molar-refractivity contribution in [3.63, 3.8) is 0 Å². The summed E-state index contributed by atoms with van der Waals surface area (Å²) in [6.45, 7) is 4.49. The highest BCUT2D eigenvalue weighted by Gasteiger charge is 2.27. The van der Waals surface area contributed by atoms with Crippen molar-refractivity contribution in [2.24, 2.45) is 0 Å². The molecule has 33 heavy (non-hydrogen) atoms. The number of fused-ring (bicyclic) bond motifs is 1. The number of rotatable bonds is 4. The van der Waals surface area contributed by atoms with Gasteiger partial charge >= 0.3 is 0 Å². The fraction of sp³-hybridized carbons (Fsp3) is 0.385. The van der Waals surface area contributed by atoms with E-state index in [2.05, 4.69) is 46.1 Å². The monoisotopic (exact) mass is 482 g/mol. The lowest BCUT2D eigenvalue weighted by molar-refractivity contribution is -0.133. The summed E-state index contributed by atoms with van der Waals surface area (Å²) in [5.74, 6) is 0.243. The van der Waals surface area contributed by atoms with Gasteiger partial charge in [-0.15, -0.1) is 0 Å². The Bertz CT molecular complexity index is 1210. The molecule has 0 radical (unpaired) electrons. The number of carbonyl (C=O) groups is 1. The van der Waals surface area contributed by atoms with E-state index in [1.807, 2.05) is 23.4 Å². The second-order valence-electron chi connectivity index (χ2n) is 8.96. The van der Waals surface area contributed by atoms with E-state index in [9.17, 15) is 4.79 Å². The van der Waals surface area contributed by atoms with Gasteiger partial charge in [0.2, 0.25) is 5.91 Å². The van der Waals surface area contributed by atoms with Gasteiger partial charge in [0.1, 0.15) is 0 Å². The molecule has 0 aliphatic carbocycles. The summed E-state index contributed by atoms with van der Waals surface area (Å²) >= 11 is 12.6. The normalized spacial score (nSPS) is 20.0. The van der Waals surface area contributed by atoms with Crippen LogP contribution >= 0.6 is 23.2 Å². The molecule has 0 saturated carbocycles. The molecule has 3 aromatic rings. The van der Waals surface area contributed by atoms with Crippen LogP contribution in [0, 0.1) is 0 Å². The zero-order valence-corrected chi connectivity index (χ0v) is 20.2. The first-order chi connectivity index (χ1) is 16.0. The Morgan fingerprint density at radius 2 is 2.06 bits per heavy atom. The number of halogens is 2. The molecule has 1 saturated heterocycles. The second-order valence-corrected chi connectivity index (χ2v) is 9.81. The van der Waals surface area contributed by atoms with Gasteiger partial charge in [-0.3, -0.25) is 4.79 Å². The Balaban J connectivity index is 1.37. The molecule has 2 aromatic carbocycles. The SMILES string of the molecule is CC(c1ccc(Cl)cc1Cl)n1cnc2ccc(C3=CCN(C(=O)C4CCCCN4)CC3)cc21. The molecule has 2 aliphatic heterocycles. The largest absolute Gasteiger partial charge is 0.337 e. The number of amides is 1. The number of nitrogens with one attached hydrogen (secondary N) is 1. The van der Waals surface area contributed by atoms with Gasteiger partial charge in [0.15, 0.2) is 0 Å². The molecule has 1 fully saturated rings. The molecule has 2 aliphatic rings. The van der Waals surface area contributed by atoms with Crippen molar-refractivity contribution >= 4 is 45.7 Å². The average molecular weight is 483 g/mol. The molecule has 1 aromatic heterocycles. The number of hydrogen-bond donors (Lipinski definition) is 1. The summed E-state index contributed by atoms with van der Waals surface area (Å²) in [4.78, 5) is 19.4. The highest BCUT2D eigenvalue weighted by atomic mass is 35.5. The van der Waals surface area contributed by atoms with E-state index in [1.165, 1.54) is 11.1 Å². The number of benzene rings is 2. The first-order valence-corrected chi connectivity index (χ1v) is 12.4. The lowest BCUT2D eigenvalue weighted by Crippen LogP contribution is -2.49. The van der Waals surface area contributed by atoms with Crippen LogP contribution in [0.5, 0.6) is 0 Å². The second kappa shape index (κ2) is 9.49. The van der Waals surface area contributed by atoms with Crippen LogP contribution in [0.1, 0.15) is 49.8 Å². The van der Waals surface area contributed by atoms with Crippen molar-refractivity contribution in [2.75, 3.05) is 19.6 Å². The zero-order valence-electron chi connectivity index (χ0n) is 18.7. The minimum Gasteiger partial charge on any atom is -0.337 e. The third-order valence-electron chi connectivity index (χ3n) is 6.90. The third kappa shape index (κ3) is 4.54. The molecule has 0 bridgehead atoms. The standard InChI is InChI=1S/C26H28Cl2N4O/c1-17(21-7-6-20(27)15-22(21)28)32-16-30-23-8-5-19(14-25(23)32)18-9-12-31(13-10-18)26(33)24-4-2-3-11-29-24/h5-9,14-17,24,29H,2-4,10-13H2,1H3. The highest BCUT2D eigenvalue weighted by molar-refractivity contribution is 6.35. The van der Waals surface area contributed by atoms with Crippen LogP contribution in [-0.2, 0) is 4.79 Å². The van der Waals surface area contributed by atoms with Crippen LogP contribution < -0.4 is 5.32 Å². The zero-order chi connectivity index (χ0) is 22.9. The van der Waals surface area contributed by atoms with E-state index < -0.39 is 0 Å². The van der Waals surface area contributed by atoms with Crippen molar-refractivity contribution in [3.8, 4) is 0 Å². The van der Waals surface area contributed by atoms with E-state index in [-0.39, 0.29) is 18.0 Å². The molecule has 7 heteroatoms. The maximum Gasteiger partial charge on any atom is 0.239 e. The van der Waals surface area contributed by atoms with Gasteiger partial charge in [-0.1, -0.05) is 47.8 Å². The van der Waals surface area contributed by atoms with E-state index in [1.54, 1.807) is 6.07 Å². The molecule has 2 unspecified atom stereocenters. The quantitative estimate of drug-likeness (QED) is 0.517. The van der Waals surface area contributed by atoms with Gasteiger partial charge in [0, 0.05) is 23.1 Å². The van der Waals surface area contributed by atoms with Crippen molar-refractivity contribution in [1.82, 2.24) is 19.8 Å². The molecular formula is C26H28Cl2N4O. The lowest BCUT2D eigenvalue weighted by Gasteiger charge is -2.32. The van der Waals surface area contributed by atoms with Gasteiger partial charge in [0.05, 0.1) is 29.4 Å². The Kier molecular flexibility index (Phi) is 6.46. The predicted molar refractivity (Wildman–Crippen MR) is 135 cm³/mol. The molecule has 172 valence electrons. The Morgan fingerprint density at radius 3 is 2.79 bits per heavy atom. The number of aromatic nitrogens is 2. The number of hydrogen-bond acceptors (Lipinski definition) is 3. The fourth-order valence-electron chi connectivity index (χ4n) is 4.94. The van der Waals surface area contributed by atoms with E-state index in [0.717, 1.165) is 55.4 Å². The van der Waals surface area contributed by atoms with Gasteiger partial charge in [0.25, 0.3) is 0 Å². The van der Waals surface area contributed by atoms with Gasteiger partial charge < -0.3 is 14.8 Å². The smallest absolute Gasteiger partial charge is 0.239 e. The molecule has 5 nitrogen and oxygen atoms in total. The Morgan fingerprint density at radius 1 is 1.18 bits per heavy atom. The molecule has 3 heterocycles. The summed E-state index contributed by atoms with van der Waals surface area (Å²) in [7, 11) is 0. The Labute approximate surface area is 204 Å². The third-order valence-corrected chi connectivity index (χ3v) is 7.47. The lowest BCUT2D eigenvalue weighted by atomic mass is 9.97. The summed E-state index contributed by atoms with van der Waals surface area (Å²) in [5.41, 5.74) is 5.49. The molecule has 0 spiro atoms. The van der Waals surface area contributed by atoms with Crippen LogP contribution in [-0.4, -0.2) is 46.0 Å². The number of nitrogens with zero attached hydrogens (tertiary/aromatic N) is 3. The summed E-state index contributed by atoms with van der Waals surface area (Å²) in [6.07, 6.45) is 8.17. The maximum absolute atomic E-state index is 12.8. The summed E-state index contributed by atoms with van der Waals surface area (Å²) in [6, 6.07) is 12.0. The fourth-order valence-corrected chi connectivity index (χ4v) is 5.51. The van der Waals surface area contributed by atoms with Crippen molar-refractivity contribution in [3.05, 3.63) is 70.0 Å². The summed E-state index contributed by atoms with van der Waals surface area (Å²) < 4.78 is 2.15. The first kappa shape index (κ1) is 22.5. The molecule has 2 atom stereocenters.